The van der Waals surface area contributed by atoms with Gasteiger partial charge in [-0.2, -0.15) is 5.10 Å². The lowest BCUT2D eigenvalue weighted by Gasteiger charge is -2.05. The fraction of sp³-hybridized carbons (Fsp3) is 0.400. The van der Waals surface area contributed by atoms with Gasteiger partial charge in [-0.25, -0.2) is 0 Å². The first-order chi connectivity index (χ1) is 10.1. The van der Waals surface area contributed by atoms with E-state index in [0.29, 0.717) is 0 Å². The zero-order valence-electron chi connectivity index (χ0n) is 12.1. The van der Waals surface area contributed by atoms with E-state index < -0.39 is 0 Å². The minimum atomic E-state index is -0.388. The van der Waals surface area contributed by atoms with Crippen molar-refractivity contribution in [1.82, 2.24) is 9.78 Å². The highest BCUT2D eigenvalue weighted by atomic mass is 16.6. The molecule has 0 saturated heterocycles. The maximum Gasteiger partial charge on any atom is 0.269 e. The first kappa shape index (κ1) is 15.2. The number of aryl methyl sites for hydroxylation is 2. The predicted molar refractivity (Wildman–Crippen MR) is 81.0 cm³/mol. The molecule has 6 heteroatoms. The molecule has 1 aromatic carbocycles. The maximum absolute atomic E-state index is 10.6. The van der Waals surface area contributed by atoms with Crippen molar-refractivity contribution in [3.63, 3.8) is 0 Å². The number of hydrogen-bond donors (Lipinski definition) is 1. The van der Waals surface area contributed by atoms with Crippen LogP contribution in [-0.4, -0.2) is 20.7 Å². The van der Waals surface area contributed by atoms with E-state index in [0.717, 1.165) is 36.9 Å². The number of hydrogen-bond acceptors (Lipinski definition) is 4. The predicted octanol–water partition coefficient (Wildman–Crippen LogP) is 2.31. The summed E-state index contributed by atoms with van der Waals surface area (Å²) in [6, 6.07) is 6.82. The smallest absolute Gasteiger partial charge is 0.269 e. The van der Waals surface area contributed by atoms with Gasteiger partial charge in [-0.1, -0.05) is 19.1 Å². The van der Waals surface area contributed by atoms with Crippen molar-refractivity contribution in [2.24, 2.45) is 5.73 Å². The quantitative estimate of drug-likeness (QED) is 0.625. The molecule has 0 radical (unpaired) electrons. The second kappa shape index (κ2) is 6.99. The Morgan fingerprint density at radius 3 is 2.67 bits per heavy atom. The summed E-state index contributed by atoms with van der Waals surface area (Å²) >= 11 is 0. The molecule has 0 bridgehead atoms. The minimum Gasteiger partial charge on any atom is -0.327 e. The highest BCUT2D eigenvalue weighted by molar-refractivity contribution is 5.32. The first-order valence-electron chi connectivity index (χ1n) is 7.08. The number of nitro groups is 1. The van der Waals surface area contributed by atoms with Gasteiger partial charge in [0.1, 0.15) is 0 Å². The molecule has 6 nitrogen and oxygen atoms in total. The van der Waals surface area contributed by atoms with E-state index in [1.165, 1.54) is 12.1 Å². The van der Waals surface area contributed by atoms with Gasteiger partial charge in [0.25, 0.3) is 5.69 Å². The standard InChI is InChI=1S/C15H20N4O2/c1-2-14(16)9-13-10-17-18(11-13)8-7-12-3-5-15(6-4-12)19(20)21/h3-6,10-11,14H,2,7-9,16H2,1H3. The summed E-state index contributed by atoms with van der Waals surface area (Å²) < 4.78 is 1.89. The molecule has 1 atom stereocenters. The molecule has 2 aromatic rings. The van der Waals surface area contributed by atoms with Crippen molar-refractivity contribution in [2.75, 3.05) is 0 Å². The molecule has 2 N–H and O–H groups in total. The minimum absolute atomic E-state index is 0.119. The highest BCUT2D eigenvalue weighted by Gasteiger charge is 2.06. The largest absolute Gasteiger partial charge is 0.327 e. The third-order valence-corrected chi connectivity index (χ3v) is 3.49. The normalized spacial score (nSPS) is 12.3. The molecule has 1 aromatic heterocycles. The van der Waals surface area contributed by atoms with Crippen molar-refractivity contribution < 1.29 is 4.92 Å². The molecule has 0 fully saturated rings. The van der Waals surface area contributed by atoms with Crippen LogP contribution in [0.15, 0.2) is 36.7 Å². The summed E-state index contributed by atoms with van der Waals surface area (Å²) in [5.74, 6) is 0. The zero-order valence-corrected chi connectivity index (χ0v) is 12.1. The number of nitro benzene ring substituents is 1. The van der Waals surface area contributed by atoms with Crippen molar-refractivity contribution >= 4 is 5.69 Å². The average molecular weight is 288 g/mol. The van der Waals surface area contributed by atoms with Gasteiger partial charge in [-0.15, -0.1) is 0 Å². The van der Waals surface area contributed by atoms with Crippen molar-refractivity contribution in [1.29, 1.82) is 0 Å². The van der Waals surface area contributed by atoms with Crippen LogP contribution >= 0.6 is 0 Å². The molecule has 21 heavy (non-hydrogen) atoms. The molecule has 1 heterocycles. The molecule has 0 amide bonds. The lowest BCUT2D eigenvalue weighted by atomic mass is 10.1. The SMILES string of the molecule is CCC(N)Cc1cnn(CCc2ccc([N+](=O)[O-])cc2)c1. The van der Waals surface area contributed by atoms with Crippen LogP contribution in [0.4, 0.5) is 5.69 Å². The summed E-state index contributed by atoms with van der Waals surface area (Å²) in [6.45, 7) is 2.82. The fourth-order valence-electron chi connectivity index (χ4n) is 2.11. The van der Waals surface area contributed by atoms with Crippen LogP contribution < -0.4 is 5.73 Å². The Morgan fingerprint density at radius 1 is 1.33 bits per heavy atom. The Bertz CT molecular complexity index is 592. The van der Waals surface area contributed by atoms with E-state index >= 15 is 0 Å². The third-order valence-electron chi connectivity index (χ3n) is 3.49. The first-order valence-corrected chi connectivity index (χ1v) is 7.08. The molecule has 2 rings (SSSR count). The van der Waals surface area contributed by atoms with Crippen molar-refractivity contribution in [3.05, 3.63) is 57.9 Å². The van der Waals surface area contributed by atoms with Crippen LogP contribution in [0.2, 0.25) is 0 Å². The Balaban J connectivity index is 1.89. The average Bonchev–Trinajstić information content (AvgIpc) is 2.93. The van der Waals surface area contributed by atoms with E-state index in [1.807, 2.05) is 17.1 Å². The summed E-state index contributed by atoms with van der Waals surface area (Å²) in [6.07, 6.45) is 6.45. The molecular weight excluding hydrogens is 268 g/mol. The van der Waals surface area contributed by atoms with Gasteiger partial charge >= 0.3 is 0 Å². The number of rotatable bonds is 7. The van der Waals surface area contributed by atoms with Gasteiger partial charge in [-0.3, -0.25) is 14.8 Å². The lowest BCUT2D eigenvalue weighted by molar-refractivity contribution is -0.384. The molecule has 112 valence electrons. The highest BCUT2D eigenvalue weighted by Crippen LogP contribution is 2.13. The number of aromatic nitrogens is 2. The van der Waals surface area contributed by atoms with E-state index in [9.17, 15) is 10.1 Å². The second-order valence-electron chi connectivity index (χ2n) is 5.16. The van der Waals surface area contributed by atoms with Gasteiger partial charge in [-0.05, 0) is 30.4 Å². The number of benzene rings is 1. The van der Waals surface area contributed by atoms with E-state index in [1.54, 1.807) is 12.1 Å². The van der Waals surface area contributed by atoms with Crippen LogP contribution in [0.3, 0.4) is 0 Å². The molecule has 0 aliphatic heterocycles. The fourth-order valence-corrected chi connectivity index (χ4v) is 2.11. The summed E-state index contributed by atoms with van der Waals surface area (Å²) in [7, 11) is 0. The number of nitrogens with two attached hydrogens (primary N) is 1. The Labute approximate surface area is 123 Å². The monoisotopic (exact) mass is 288 g/mol. The summed E-state index contributed by atoms with van der Waals surface area (Å²) in [4.78, 5) is 10.2. The molecule has 0 saturated carbocycles. The van der Waals surface area contributed by atoms with Crippen LogP contribution in [0, 0.1) is 10.1 Å². The van der Waals surface area contributed by atoms with Crippen LogP contribution in [0.5, 0.6) is 0 Å². The third kappa shape index (κ3) is 4.39. The van der Waals surface area contributed by atoms with Crippen LogP contribution in [0.1, 0.15) is 24.5 Å². The maximum atomic E-state index is 10.6. The van der Waals surface area contributed by atoms with Gasteiger partial charge in [0.15, 0.2) is 0 Å². The second-order valence-corrected chi connectivity index (χ2v) is 5.16. The van der Waals surface area contributed by atoms with Crippen molar-refractivity contribution in [3.8, 4) is 0 Å². The Morgan fingerprint density at radius 2 is 2.05 bits per heavy atom. The van der Waals surface area contributed by atoms with Crippen LogP contribution in [0.25, 0.3) is 0 Å². The van der Waals surface area contributed by atoms with Crippen molar-refractivity contribution in [2.45, 2.75) is 38.8 Å². The van der Waals surface area contributed by atoms with E-state index in [4.69, 9.17) is 5.73 Å². The summed E-state index contributed by atoms with van der Waals surface area (Å²) in [5, 5.41) is 14.9. The molecule has 0 spiro atoms. The van der Waals surface area contributed by atoms with Gasteiger partial charge < -0.3 is 5.73 Å². The van der Waals surface area contributed by atoms with Gasteiger partial charge in [0, 0.05) is 30.9 Å². The Hall–Kier alpha value is -2.21. The molecule has 1 unspecified atom stereocenters. The number of nitrogens with zero attached hydrogens (tertiary/aromatic N) is 3. The molecular formula is C15H20N4O2. The van der Waals surface area contributed by atoms with E-state index in [-0.39, 0.29) is 16.7 Å². The molecule has 0 aliphatic rings. The summed E-state index contributed by atoms with van der Waals surface area (Å²) in [5.41, 5.74) is 8.25. The van der Waals surface area contributed by atoms with E-state index in [2.05, 4.69) is 12.0 Å². The lowest BCUT2D eigenvalue weighted by Crippen LogP contribution is -2.21. The van der Waals surface area contributed by atoms with Gasteiger partial charge in [0.05, 0.1) is 11.1 Å². The zero-order chi connectivity index (χ0) is 15.2. The topological polar surface area (TPSA) is 87.0 Å². The van der Waals surface area contributed by atoms with Crippen LogP contribution in [-0.2, 0) is 19.4 Å². The van der Waals surface area contributed by atoms with Gasteiger partial charge in [0.2, 0.25) is 0 Å². The molecule has 0 aliphatic carbocycles. The number of non-ortho nitro benzene ring substituents is 1. The Kier molecular flexibility index (Phi) is 5.05.